The van der Waals surface area contributed by atoms with E-state index in [0.29, 0.717) is 67.8 Å². The van der Waals surface area contributed by atoms with Crippen molar-refractivity contribution in [2.45, 2.75) is 91.9 Å². The van der Waals surface area contributed by atoms with Gasteiger partial charge in [0.15, 0.2) is 11.6 Å². The second kappa shape index (κ2) is 10.2. The number of aryl methyl sites for hydroxylation is 1. The molecular weight excluding hydrogens is 436 g/mol. The summed E-state index contributed by atoms with van der Waals surface area (Å²) in [7, 11) is 0. The van der Waals surface area contributed by atoms with Gasteiger partial charge >= 0.3 is 5.97 Å². The Morgan fingerprint density at radius 1 is 0.941 bits per heavy atom. The van der Waals surface area contributed by atoms with Gasteiger partial charge in [0.2, 0.25) is 0 Å². The van der Waals surface area contributed by atoms with Gasteiger partial charge in [0.05, 0.1) is 16.8 Å². The van der Waals surface area contributed by atoms with Crippen LogP contribution in [0.1, 0.15) is 101 Å². The zero-order valence-corrected chi connectivity index (χ0v) is 20.7. The van der Waals surface area contributed by atoms with Crippen LogP contribution in [0.5, 0.6) is 0 Å². The number of rotatable bonds is 9. The second-order valence-corrected chi connectivity index (χ2v) is 11.2. The van der Waals surface area contributed by atoms with E-state index in [1.165, 1.54) is 0 Å². The van der Waals surface area contributed by atoms with Gasteiger partial charge < -0.3 is 14.7 Å². The minimum Gasteiger partial charge on any atom is -0.511 e. The first-order chi connectivity index (χ1) is 15.9. The van der Waals surface area contributed by atoms with E-state index in [1.807, 2.05) is 27.7 Å². The lowest BCUT2D eigenvalue weighted by Gasteiger charge is -2.31. The summed E-state index contributed by atoms with van der Waals surface area (Å²) >= 11 is 0. The molecule has 0 atom stereocenters. The number of unbranched alkanes of at least 4 members (excludes halogenated alkanes) is 2. The van der Waals surface area contributed by atoms with E-state index >= 15 is 0 Å². The fourth-order valence-corrected chi connectivity index (χ4v) is 4.88. The molecule has 8 nitrogen and oxygen atoms in total. The number of carboxylic acids is 1. The van der Waals surface area contributed by atoms with Crippen LogP contribution < -0.4 is 0 Å². The van der Waals surface area contributed by atoms with Gasteiger partial charge in [-0.15, -0.1) is 0 Å². The zero-order chi connectivity index (χ0) is 25.1. The van der Waals surface area contributed by atoms with E-state index in [-0.39, 0.29) is 46.6 Å². The van der Waals surface area contributed by atoms with E-state index in [9.17, 15) is 19.5 Å². The van der Waals surface area contributed by atoms with E-state index in [0.717, 1.165) is 12.8 Å². The monoisotopic (exact) mass is 472 g/mol. The maximum Gasteiger partial charge on any atom is 0.303 e. The molecule has 2 aliphatic rings. The minimum atomic E-state index is -0.806. The lowest BCUT2D eigenvalue weighted by Crippen LogP contribution is -2.33. The minimum absolute atomic E-state index is 0.00952. The van der Waals surface area contributed by atoms with Crippen LogP contribution in [0.25, 0.3) is 0 Å². The highest BCUT2D eigenvalue weighted by molar-refractivity contribution is 6.24. The SMILES string of the molecule is CC1(C)CC(=O)C(=C(O)CCc2noc3c2C(=O)CC(C)(C)C3)C(=NCCCCCC(=O)O)C1. The molecule has 8 heteroatoms. The summed E-state index contributed by atoms with van der Waals surface area (Å²) in [5.41, 5.74) is 1.55. The average Bonchev–Trinajstić information content (AvgIpc) is 3.09. The first kappa shape index (κ1) is 25.8. The van der Waals surface area contributed by atoms with Gasteiger partial charge in [-0.05, 0) is 30.1 Å². The summed E-state index contributed by atoms with van der Waals surface area (Å²) in [6.45, 7) is 8.55. The molecule has 1 aromatic rings. The number of nitrogens with zero attached hydrogens (tertiary/aromatic N) is 2. The van der Waals surface area contributed by atoms with Gasteiger partial charge in [-0.1, -0.05) is 39.3 Å². The smallest absolute Gasteiger partial charge is 0.303 e. The van der Waals surface area contributed by atoms with Crippen molar-refractivity contribution in [3.63, 3.8) is 0 Å². The number of aliphatic carboxylic acids is 1. The third-order valence-corrected chi connectivity index (χ3v) is 6.48. The first-order valence-electron chi connectivity index (χ1n) is 12.1. The van der Waals surface area contributed by atoms with Crippen molar-refractivity contribution in [2.75, 3.05) is 6.54 Å². The number of hydrogen-bond acceptors (Lipinski definition) is 7. The number of carbonyl (C=O) groups excluding carboxylic acids is 2. The van der Waals surface area contributed by atoms with Crippen molar-refractivity contribution in [3.8, 4) is 0 Å². The third-order valence-electron chi connectivity index (χ3n) is 6.48. The van der Waals surface area contributed by atoms with Crippen molar-refractivity contribution in [1.82, 2.24) is 5.16 Å². The van der Waals surface area contributed by atoms with Crippen LogP contribution in [0.15, 0.2) is 20.8 Å². The number of ketones is 2. The maximum atomic E-state index is 12.9. The van der Waals surface area contributed by atoms with Crippen LogP contribution in [0.2, 0.25) is 0 Å². The molecule has 0 aliphatic heterocycles. The third kappa shape index (κ3) is 6.42. The topological polar surface area (TPSA) is 130 Å². The van der Waals surface area contributed by atoms with E-state index < -0.39 is 5.97 Å². The average molecular weight is 473 g/mol. The Hall–Kier alpha value is -2.77. The number of carboxylic acid groups (broad SMARTS) is 1. The van der Waals surface area contributed by atoms with Crippen LogP contribution >= 0.6 is 0 Å². The fraction of sp³-hybridized carbons (Fsp3) is 0.654. The summed E-state index contributed by atoms with van der Waals surface area (Å²) < 4.78 is 5.44. The standard InChI is InChI=1S/C26H36N2O6/c1-25(2)12-17(27-11-7-5-6-8-22(32)33)23(19(30)13-25)18(29)10-9-16-24-20(31)14-26(3,4)15-21(24)34-28-16/h29H,5-15H2,1-4H3,(H,32,33). The van der Waals surface area contributed by atoms with E-state index in [4.69, 9.17) is 9.63 Å². The molecule has 1 saturated carbocycles. The van der Waals surface area contributed by atoms with Crippen molar-refractivity contribution in [1.29, 1.82) is 0 Å². The number of allylic oxidation sites excluding steroid dienone is 2. The molecule has 0 saturated heterocycles. The van der Waals surface area contributed by atoms with Crippen molar-refractivity contribution in [2.24, 2.45) is 15.8 Å². The van der Waals surface area contributed by atoms with Gasteiger partial charge in [-0.3, -0.25) is 19.4 Å². The number of aromatic nitrogens is 1. The van der Waals surface area contributed by atoms with Gasteiger partial charge in [-0.2, -0.15) is 0 Å². The van der Waals surface area contributed by atoms with Crippen molar-refractivity contribution in [3.05, 3.63) is 28.3 Å². The van der Waals surface area contributed by atoms with Gasteiger partial charge in [0.1, 0.15) is 11.5 Å². The van der Waals surface area contributed by atoms with E-state index in [2.05, 4.69) is 10.1 Å². The lowest BCUT2D eigenvalue weighted by atomic mass is 9.73. The van der Waals surface area contributed by atoms with Crippen LogP contribution in [-0.2, 0) is 22.4 Å². The Morgan fingerprint density at radius 2 is 1.62 bits per heavy atom. The molecule has 0 aromatic carbocycles. The Balaban J connectivity index is 1.73. The van der Waals surface area contributed by atoms with Crippen LogP contribution in [0, 0.1) is 10.8 Å². The first-order valence-corrected chi connectivity index (χ1v) is 12.1. The molecule has 3 rings (SSSR count). The highest BCUT2D eigenvalue weighted by atomic mass is 16.5. The van der Waals surface area contributed by atoms with Crippen molar-refractivity contribution < 1.29 is 29.1 Å². The molecule has 1 heterocycles. The maximum absolute atomic E-state index is 12.9. The summed E-state index contributed by atoms with van der Waals surface area (Å²) in [6, 6.07) is 0. The molecule has 0 radical (unpaired) electrons. The van der Waals surface area contributed by atoms with Gasteiger partial charge in [0.25, 0.3) is 0 Å². The molecule has 0 unspecified atom stereocenters. The molecule has 1 fully saturated rings. The Morgan fingerprint density at radius 3 is 2.32 bits per heavy atom. The Kier molecular flexibility index (Phi) is 7.78. The number of fused-ring (bicyclic) bond motifs is 1. The second-order valence-electron chi connectivity index (χ2n) is 11.2. The molecular formula is C26H36N2O6. The summed E-state index contributed by atoms with van der Waals surface area (Å²) in [5.74, 6) is -0.344. The predicted molar refractivity (Wildman–Crippen MR) is 127 cm³/mol. The molecule has 2 N–H and O–H groups in total. The summed E-state index contributed by atoms with van der Waals surface area (Å²) in [4.78, 5) is 40.9. The van der Waals surface area contributed by atoms with Gasteiger partial charge in [-0.25, -0.2) is 0 Å². The fourth-order valence-electron chi connectivity index (χ4n) is 4.88. The number of aliphatic hydroxyl groups is 1. The molecule has 0 spiro atoms. The molecule has 34 heavy (non-hydrogen) atoms. The molecule has 0 amide bonds. The van der Waals surface area contributed by atoms with Crippen LogP contribution in [0.4, 0.5) is 0 Å². The Bertz CT molecular complexity index is 1030. The highest BCUT2D eigenvalue weighted by Gasteiger charge is 2.38. The normalized spacial score (nSPS) is 22.1. The molecule has 186 valence electrons. The molecule has 1 aromatic heterocycles. The largest absolute Gasteiger partial charge is 0.511 e. The van der Waals surface area contributed by atoms with Gasteiger partial charge in [0, 0.05) is 50.8 Å². The number of aliphatic hydroxyl groups excluding tert-OH is 1. The molecule has 0 bridgehead atoms. The summed E-state index contributed by atoms with van der Waals surface area (Å²) in [6.07, 6.45) is 4.67. The van der Waals surface area contributed by atoms with Crippen LogP contribution in [-0.4, -0.2) is 45.2 Å². The summed E-state index contributed by atoms with van der Waals surface area (Å²) in [5, 5.41) is 23.8. The van der Waals surface area contributed by atoms with Crippen molar-refractivity contribution >= 4 is 23.2 Å². The number of Topliss-reactive ketones (excluding diaryl/α,β-unsaturated/α-hetero) is 2. The van der Waals surface area contributed by atoms with E-state index in [1.54, 1.807) is 0 Å². The number of carbonyl (C=O) groups is 3. The number of hydrogen-bond donors (Lipinski definition) is 2. The van der Waals surface area contributed by atoms with Crippen LogP contribution in [0.3, 0.4) is 0 Å². The molecule has 2 aliphatic carbocycles. The highest BCUT2D eigenvalue weighted by Crippen LogP contribution is 2.38. The zero-order valence-electron chi connectivity index (χ0n) is 20.7. The Labute approximate surface area is 200 Å². The quantitative estimate of drug-likeness (QED) is 0.292. The predicted octanol–water partition coefficient (Wildman–Crippen LogP) is 5.05. The lowest BCUT2D eigenvalue weighted by molar-refractivity contribution is -0.137. The number of aliphatic imine (C=N–C) groups is 1.